The van der Waals surface area contributed by atoms with Crippen LogP contribution in [0.25, 0.3) is 0 Å². The number of carboxylic acid groups (broad SMARTS) is 1. The van der Waals surface area contributed by atoms with Crippen molar-refractivity contribution >= 4 is 29.3 Å². The van der Waals surface area contributed by atoms with Gasteiger partial charge in [-0.1, -0.05) is 11.6 Å². The molecule has 7 heteroatoms. The van der Waals surface area contributed by atoms with Crippen LogP contribution >= 0.6 is 23.4 Å². The summed E-state index contributed by atoms with van der Waals surface area (Å²) in [6, 6.07) is 3.54. The molecule has 1 rings (SSSR count). The van der Waals surface area contributed by atoms with Crippen molar-refractivity contribution in [3.05, 3.63) is 22.7 Å². The van der Waals surface area contributed by atoms with Gasteiger partial charge in [0.15, 0.2) is 0 Å². The number of benzene rings is 1. The fourth-order valence-electron chi connectivity index (χ4n) is 1.04. The van der Waals surface area contributed by atoms with E-state index in [-0.39, 0.29) is 27.0 Å². The summed E-state index contributed by atoms with van der Waals surface area (Å²) in [5.74, 6) is -1.22. The summed E-state index contributed by atoms with van der Waals surface area (Å²) in [5.41, 5.74) is 5.45. The molecule has 0 saturated carbocycles. The molecule has 4 N–H and O–H groups in total. The van der Waals surface area contributed by atoms with Crippen LogP contribution in [-0.2, 0) is 4.79 Å². The molecule has 1 aromatic rings. The minimum absolute atomic E-state index is 0.0396. The number of aliphatic carboxylic acids is 1. The third kappa shape index (κ3) is 3.27. The Morgan fingerprint density at radius 3 is 2.82 bits per heavy atom. The molecule has 0 spiro atoms. The largest absolute Gasteiger partial charge is 0.507 e. The molecule has 1 aromatic carbocycles. The van der Waals surface area contributed by atoms with E-state index in [2.05, 4.69) is 0 Å². The number of thioether (sulfide) groups is 1. The van der Waals surface area contributed by atoms with Crippen molar-refractivity contribution in [2.24, 2.45) is 5.73 Å². The SMILES string of the molecule is N#Cc1c(Cl)ccc(O)c1SC[C@H](N)C(=O)O. The minimum atomic E-state index is -1.14. The van der Waals surface area contributed by atoms with Crippen LogP contribution in [0.3, 0.4) is 0 Å². The lowest BCUT2D eigenvalue weighted by atomic mass is 10.2. The Labute approximate surface area is 107 Å². The third-order valence-electron chi connectivity index (χ3n) is 1.92. The van der Waals surface area contributed by atoms with Gasteiger partial charge in [-0.15, -0.1) is 11.8 Å². The summed E-state index contributed by atoms with van der Waals surface area (Å²) >= 11 is 6.77. The van der Waals surface area contributed by atoms with E-state index in [0.717, 1.165) is 11.8 Å². The number of phenols is 1. The van der Waals surface area contributed by atoms with Gasteiger partial charge >= 0.3 is 5.97 Å². The zero-order valence-electron chi connectivity index (χ0n) is 8.55. The number of nitrogens with two attached hydrogens (primary N) is 1. The van der Waals surface area contributed by atoms with E-state index in [1.165, 1.54) is 12.1 Å². The van der Waals surface area contributed by atoms with Crippen LogP contribution in [0.1, 0.15) is 5.56 Å². The first kappa shape index (κ1) is 13.6. The van der Waals surface area contributed by atoms with Crippen LogP contribution in [0.2, 0.25) is 5.02 Å². The van der Waals surface area contributed by atoms with Gasteiger partial charge < -0.3 is 15.9 Å². The predicted octanol–water partition coefficient (Wildman–Crippen LogP) is 1.42. The number of aromatic hydroxyl groups is 1. The van der Waals surface area contributed by atoms with Gasteiger partial charge in [-0.3, -0.25) is 4.79 Å². The Hall–Kier alpha value is -1.42. The lowest BCUT2D eigenvalue weighted by Gasteiger charge is -2.09. The first-order chi connectivity index (χ1) is 7.97. The van der Waals surface area contributed by atoms with E-state index >= 15 is 0 Å². The van der Waals surface area contributed by atoms with Crippen LogP contribution in [0.5, 0.6) is 5.75 Å². The van der Waals surface area contributed by atoms with Crippen molar-refractivity contribution < 1.29 is 15.0 Å². The summed E-state index contributed by atoms with van der Waals surface area (Å²) in [7, 11) is 0. The fraction of sp³-hybridized carbons (Fsp3) is 0.200. The molecule has 0 radical (unpaired) electrons. The highest BCUT2D eigenvalue weighted by Crippen LogP contribution is 2.35. The van der Waals surface area contributed by atoms with Crippen LogP contribution < -0.4 is 5.73 Å². The molecule has 0 aliphatic carbocycles. The molecule has 0 aliphatic rings. The van der Waals surface area contributed by atoms with Gasteiger partial charge in [0.25, 0.3) is 0 Å². The lowest BCUT2D eigenvalue weighted by molar-refractivity contribution is -0.137. The minimum Gasteiger partial charge on any atom is -0.507 e. The topological polar surface area (TPSA) is 107 Å². The molecular weight excluding hydrogens is 264 g/mol. The number of rotatable bonds is 4. The Balaban J connectivity index is 2.95. The van der Waals surface area contributed by atoms with E-state index in [1.54, 1.807) is 0 Å². The molecule has 0 aliphatic heterocycles. The zero-order valence-corrected chi connectivity index (χ0v) is 10.1. The van der Waals surface area contributed by atoms with Crippen LogP contribution in [0.4, 0.5) is 0 Å². The summed E-state index contributed by atoms with van der Waals surface area (Å²) in [5, 5.41) is 27.3. The van der Waals surface area contributed by atoms with Crippen LogP contribution in [0.15, 0.2) is 17.0 Å². The highest BCUT2D eigenvalue weighted by molar-refractivity contribution is 7.99. The fourth-order valence-corrected chi connectivity index (χ4v) is 2.30. The average Bonchev–Trinajstić information content (AvgIpc) is 2.29. The van der Waals surface area contributed by atoms with Gasteiger partial charge in [-0.05, 0) is 12.1 Å². The number of nitriles is 1. The van der Waals surface area contributed by atoms with Crippen molar-refractivity contribution in [1.29, 1.82) is 5.26 Å². The Kier molecular flexibility index (Phi) is 4.63. The molecule has 0 amide bonds. The molecule has 0 bridgehead atoms. The third-order valence-corrected chi connectivity index (χ3v) is 3.46. The molecule has 17 heavy (non-hydrogen) atoms. The molecule has 0 aromatic heterocycles. The van der Waals surface area contributed by atoms with Crippen molar-refractivity contribution in [2.45, 2.75) is 10.9 Å². The van der Waals surface area contributed by atoms with Gasteiger partial charge in [0, 0.05) is 5.75 Å². The van der Waals surface area contributed by atoms with Gasteiger partial charge in [0.05, 0.1) is 15.5 Å². The van der Waals surface area contributed by atoms with Crippen molar-refractivity contribution in [1.82, 2.24) is 0 Å². The molecule has 0 unspecified atom stereocenters. The smallest absolute Gasteiger partial charge is 0.321 e. The van der Waals surface area contributed by atoms with E-state index in [0.29, 0.717) is 0 Å². The standard InChI is InChI=1S/C10H9ClN2O3S/c11-6-1-2-8(14)9(5(6)3-12)17-4-7(13)10(15)16/h1-2,7,14H,4,13H2,(H,15,16)/t7-/m0/s1. The zero-order chi connectivity index (χ0) is 13.0. The first-order valence-electron chi connectivity index (χ1n) is 4.50. The number of hydrogen-bond donors (Lipinski definition) is 3. The highest BCUT2D eigenvalue weighted by atomic mass is 35.5. The Morgan fingerprint density at radius 2 is 2.29 bits per heavy atom. The molecule has 0 fully saturated rings. The molecule has 0 heterocycles. The maximum atomic E-state index is 10.5. The van der Waals surface area contributed by atoms with Crippen molar-refractivity contribution in [3.63, 3.8) is 0 Å². The van der Waals surface area contributed by atoms with Gasteiger partial charge in [-0.2, -0.15) is 5.26 Å². The normalized spacial score (nSPS) is 11.8. The summed E-state index contributed by atoms with van der Waals surface area (Å²) in [4.78, 5) is 10.8. The second kappa shape index (κ2) is 5.77. The van der Waals surface area contributed by atoms with Crippen LogP contribution in [-0.4, -0.2) is 28.0 Å². The number of carbonyl (C=O) groups is 1. The van der Waals surface area contributed by atoms with Gasteiger partial charge in [-0.25, -0.2) is 0 Å². The second-order valence-corrected chi connectivity index (χ2v) is 4.58. The number of halogens is 1. The first-order valence-corrected chi connectivity index (χ1v) is 5.86. The van der Waals surface area contributed by atoms with Gasteiger partial charge in [0.2, 0.25) is 0 Å². The van der Waals surface area contributed by atoms with Crippen molar-refractivity contribution in [3.8, 4) is 11.8 Å². The lowest BCUT2D eigenvalue weighted by Crippen LogP contribution is -2.32. The molecule has 90 valence electrons. The molecular formula is C10H9ClN2O3S. The van der Waals surface area contributed by atoms with Gasteiger partial charge in [0.1, 0.15) is 17.9 Å². The van der Waals surface area contributed by atoms with E-state index in [1.807, 2.05) is 6.07 Å². The predicted molar refractivity (Wildman–Crippen MR) is 64.2 cm³/mol. The van der Waals surface area contributed by atoms with E-state index in [9.17, 15) is 9.90 Å². The number of hydrogen-bond acceptors (Lipinski definition) is 5. The average molecular weight is 273 g/mol. The number of carboxylic acids is 1. The molecule has 5 nitrogen and oxygen atoms in total. The molecule has 0 saturated heterocycles. The van der Waals surface area contributed by atoms with Crippen molar-refractivity contribution in [2.75, 3.05) is 5.75 Å². The molecule has 1 atom stereocenters. The summed E-state index contributed by atoms with van der Waals surface area (Å²) < 4.78 is 0. The summed E-state index contributed by atoms with van der Waals surface area (Å²) in [6.07, 6.45) is 0. The quantitative estimate of drug-likeness (QED) is 0.716. The Bertz CT molecular complexity index is 487. The maximum Gasteiger partial charge on any atom is 0.321 e. The number of phenolic OH excluding ortho intramolecular Hbond substituents is 1. The second-order valence-electron chi connectivity index (χ2n) is 3.14. The summed E-state index contributed by atoms with van der Waals surface area (Å²) in [6.45, 7) is 0. The highest BCUT2D eigenvalue weighted by Gasteiger charge is 2.17. The Morgan fingerprint density at radius 1 is 1.65 bits per heavy atom. The monoisotopic (exact) mass is 272 g/mol. The maximum absolute atomic E-state index is 10.5. The number of nitrogens with zero attached hydrogens (tertiary/aromatic N) is 1. The van der Waals surface area contributed by atoms with Crippen LogP contribution in [0, 0.1) is 11.3 Å². The van der Waals surface area contributed by atoms with E-state index < -0.39 is 12.0 Å². The van der Waals surface area contributed by atoms with E-state index in [4.69, 9.17) is 27.7 Å².